The molecule has 0 bridgehead atoms. The number of carbonyl (C=O) groups is 1. The van der Waals surface area contributed by atoms with Gasteiger partial charge in [0.2, 0.25) is 5.91 Å². The minimum Gasteiger partial charge on any atom is -0.768 e. The monoisotopic (exact) mass is 514 g/mol. The number of rotatable bonds is 7. The maximum atomic E-state index is 13.0. The molecule has 2 aliphatic rings. The molecule has 2 fully saturated rings. The first-order valence-electron chi connectivity index (χ1n) is 11.9. The fourth-order valence-electron chi connectivity index (χ4n) is 4.24. The fraction of sp³-hybridized carbons (Fsp3) is 0.333. The van der Waals surface area contributed by atoms with Gasteiger partial charge in [-0.1, -0.05) is 30.3 Å². The summed E-state index contributed by atoms with van der Waals surface area (Å²) >= 11 is -2.27. The van der Waals surface area contributed by atoms with E-state index in [1.165, 1.54) is 18.6 Å². The Balaban J connectivity index is 0.000000667. The number of carbonyl (C=O) groups excluding carboxylic acids is 1. The average Bonchev–Trinajstić information content (AvgIpc) is 3.56. The van der Waals surface area contributed by atoms with Crippen molar-refractivity contribution in [1.82, 2.24) is 10.3 Å². The highest BCUT2D eigenvalue weighted by atomic mass is 32.2. The summed E-state index contributed by atoms with van der Waals surface area (Å²) in [6.07, 6.45) is 3.93. The standard InChI is InChI=1S/C22H20N2O4S.C5H11NO.3H2/c1-28-17-5-2-4-16(14-17)22(12-13-22)21(25)24-20-7-3-6-19(23-20)15-8-10-18(11-9-15)29(26)27;7-4-5-2-1-3-6-5;;;/h2-11,14H,12-13H2,1H3,(H,26,27)(H,23,24,25);5-7H,1-4H2;3*1H/p-1/t;5-;;;/m.1.../s1. The van der Waals surface area contributed by atoms with Gasteiger partial charge in [-0.3, -0.25) is 9.00 Å². The maximum absolute atomic E-state index is 13.0. The lowest BCUT2D eigenvalue weighted by Gasteiger charge is -2.16. The highest BCUT2D eigenvalue weighted by Gasteiger charge is 2.51. The molecule has 1 saturated heterocycles. The molecule has 5 rings (SSSR count). The second-order valence-electron chi connectivity index (χ2n) is 8.91. The van der Waals surface area contributed by atoms with E-state index in [1.807, 2.05) is 36.4 Å². The van der Waals surface area contributed by atoms with Crippen LogP contribution in [0, 0.1) is 0 Å². The van der Waals surface area contributed by atoms with Crippen LogP contribution in [0.15, 0.2) is 71.6 Å². The van der Waals surface area contributed by atoms with Gasteiger partial charge < -0.3 is 25.0 Å². The average molecular weight is 515 g/mol. The molecule has 8 nitrogen and oxygen atoms in total. The van der Waals surface area contributed by atoms with Crippen LogP contribution in [0.25, 0.3) is 11.3 Å². The van der Waals surface area contributed by atoms with Crippen LogP contribution in [0.1, 0.15) is 35.5 Å². The summed E-state index contributed by atoms with van der Waals surface area (Å²) in [6, 6.07) is 19.8. The zero-order chi connectivity index (χ0) is 25.5. The van der Waals surface area contributed by atoms with E-state index in [0.717, 1.165) is 42.7 Å². The van der Waals surface area contributed by atoms with Crippen molar-refractivity contribution in [3.05, 3.63) is 72.3 Å². The first-order valence-corrected chi connectivity index (χ1v) is 13.0. The van der Waals surface area contributed by atoms with Gasteiger partial charge in [0.05, 0.1) is 24.8 Å². The van der Waals surface area contributed by atoms with E-state index < -0.39 is 16.5 Å². The van der Waals surface area contributed by atoms with Crippen LogP contribution in [-0.2, 0) is 21.3 Å². The number of aliphatic hydroxyl groups excluding tert-OH is 1. The van der Waals surface area contributed by atoms with Crippen molar-refractivity contribution in [3.63, 3.8) is 0 Å². The Morgan fingerprint density at radius 1 is 1.22 bits per heavy atom. The van der Waals surface area contributed by atoms with Gasteiger partial charge in [-0.05, 0) is 85.3 Å². The zero-order valence-corrected chi connectivity index (χ0v) is 20.9. The molecule has 1 amide bonds. The molecule has 1 unspecified atom stereocenters. The van der Waals surface area contributed by atoms with Crippen molar-refractivity contribution in [2.45, 2.75) is 42.0 Å². The van der Waals surface area contributed by atoms with E-state index in [4.69, 9.17) is 9.84 Å². The lowest BCUT2D eigenvalue weighted by Crippen LogP contribution is -2.28. The third-order valence-electron chi connectivity index (χ3n) is 6.52. The van der Waals surface area contributed by atoms with E-state index in [9.17, 15) is 13.6 Å². The highest BCUT2D eigenvalue weighted by Crippen LogP contribution is 2.49. The summed E-state index contributed by atoms with van der Waals surface area (Å²) in [5, 5.41) is 14.6. The normalized spacial score (nSPS) is 18.5. The van der Waals surface area contributed by atoms with Gasteiger partial charge >= 0.3 is 0 Å². The molecule has 36 heavy (non-hydrogen) atoms. The number of aromatic nitrogens is 1. The lowest BCUT2D eigenvalue weighted by molar-refractivity contribution is -0.118. The molecule has 1 aliphatic heterocycles. The van der Waals surface area contributed by atoms with Gasteiger partial charge in [0.1, 0.15) is 11.6 Å². The molecule has 1 saturated carbocycles. The third kappa shape index (κ3) is 6.17. The molecule has 3 aromatic rings. The summed E-state index contributed by atoms with van der Waals surface area (Å²) in [7, 11) is 1.61. The third-order valence-corrected chi connectivity index (χ3v) is 7.18. The van der Waals surface area contributed by atoms with Crippen LogP contribution in [0.5, 0.6) is 5.75 Å². The maximum Gasteiger partial charge on any atom is 0.236 e. The van der Waals surface area contributed by atoms with Gasteiger partial charge in [-0.25, -0.2) is 4.98 Å². The molecule has 1 aliphatic carbocycles. The van der Waals surface area contributed by atoms with Crippen molar-refractivity contribution < 1.29 is 27.7 Å². The van der Waals surface area contributed by atoms with E-state index in [0.29, 0.717) is 24.2 Å². The molecular weight excluding hydrogens is 478 g/mol. The number of nitrogens with one attached hydrogen (secondary N) is 2. The number of anilines is 1. The van der Waals surface area contributed by atoms with Crippen molar-refractivity contribution in [3.8, 4) is 17.0 Å². The molecule has 3 N–H and O–H groups in total. The van der Waals surface area contributed by atoms with Crippen LogP contribution in [0.3, 0.4) is 0 Å². The summed E-state index contributed by atoms with van der Waals surface area (Å²) in [5.74, 6) is 1.09. The quantitative estimate of drug-likeness (QED) is 0.405. The van der Waals surface area contributed by atoms with E-state index in [2.05, 4.69) is 15.6 Å². The summed E-state index contributed by atoms with van der Waals surface area (Å²) < 4.78 is 27.3. The number of aliphatic hydroxyl groups is 1. The predicted molar refractivity (Wildman–Crippen MR) is 144 cm³/mol. The van der Waals surface area contributed by atoms with Gasteiger partial charge in [0, 0.05) is 20.8 Å². The predicted octanol–water partition coefficient (Wildman–Crippen LogP) is 4.13. The Kier molecular flexibility index (Phi) is 8.48. The van der Waals surface area contributed by atoms with Crippen LogP contribution in [0.2, 0.25) is 0 Å². The van der Waals surface area contributed by atoms with Gasteiger partial charge in [0.15, 0.2) is 0 Å². The summed E-state index contributed by atoms with van der Waals surface area (Å²) in [5.41, 5.74) is 1.81. The summed E-state index contributed by atoms with van der Waals surface area (Å²) in [4.78, 5) is 17.7. The van der Waals surface area contributed by atoms with E-state index in [-0.39, 0.29) is 15.1 Å². The second-order valence-corrected chi connectivity index (χ2v) is 9.85. The molecule has 0 radical (unpaired) electrons. The smallest absolute Gasteiger partial charge is 0.236 e. The zero-order valence-electron chi connectivity index (χ0n) is 20.1. The highest BCUT2D eigenvalue weighted by molar-refractivity contribution is 7.79. The largest absolute Gasteiger partial charge is 0.768 e. The van der Waals surface area contributed by atoms with E-state index >= 15 is 0 Å². The second kappa shape index (κ2) is 11.7. The number of benzene rings is 2. The Bertz CT molecular complexity index is 1220. The number of nitrogens with zero attached hydrogens (tertiary/aromatic N) is 1. The van der Waals surface area contributed by atoms with Gasteiger partial charge in [-0.2, -0.15) is 0 Å². The Labute approximate surface area is 217 Å². The van der Waals surface area contributed by atoms with Crippen molar-refractivity contribution in [1.29, 1.82) is 0 Å². The Morgan fingerprint density at radius 3 is 2.56 bits per heavy atom. The SMILES string of the molecule is COc1cccc(C2(C(=O)Nc3cccc(-c4ccc(S(=O)[O-])cc4)n3)CC2)c1.OC[C@H]1CCCN1.[HH].[HH].[HH]. The van der Waals surface area contributed by atoms with Crippen LogP contribution < -0.4 is 15.4 Å². The van der Waals surface area contributed by atoms with Crippen LogP contribution in [-0.4, -0.2) is 51.1 Å². The first kappa shape index (κ1) is 26.0. The number of hydrogen-bond acceptors (Lipinski definition) is 7. The van der Waals surface area contributed by atoms with Gasteiger partial charge in [-0.15, -0.1) is 0 Å². The number of hydrogen-bond donors (Lipinski definition) is 3. The molecule has 2 heterocycles. The minimum absolute atomic E-state index is 0. The van der Waals surface area contributed by atoms with Crippen molar-refractivity contribution >= 4 is 22.8 Å². The molecule has 2 aromatic carbocycles. The Morgan fingerprint density at radius 2 is 1.97 bits per heavy atom. The number of pyridine rings is 1. The number of ether oxygens (including phenoxy) is 1. The van der Waals surface area contributed by atoms with Crippen molar-refractivity contribution in [2.75, 3.05) is 25.6 Å². The van der Waals surface area contributed by atoms with E-state index in [1.54, 1.807) is 25.3 Å². The molecule has 196 valence electrons. The topological polar surface area (TPSA) is 124 Å². The number of methoxy groups -OCH3 is 1. The molecular formula is C27H36N3O5S-. The molecule has 1 aromatic heterocycles. The number of amides is 1. The van der Waals surface area contributed by atoms with Gasteiger partial charge in [0.25, 0.3) is 0 Å². The molecule has 9 heteroatoms. The van der Waals surface area contributed by atoms with Crippen LogP contribution in [0.4, 0.5) is 5.82 Å². The minimum atomic E-state index is -2.27. The molecule has 0 spiro atoms. The fourth-order valence-corrected chi connectivity index (χ4v) is 4.60. The van der Waals surface area contributed by atoms with Crippen molar-refractivity contribution in [2.24, 2.45) is 0 Å². The Hall–Kier alpha value is -3.11. The van der Waals surface area contributed by atoms with Crippen LogP contribution >= 0.6 is 0 Å². The molecule has 2 atom stereocenters. The summed E-state index contributed by atoms with van der Waals surface area (Å²) in [6.45, 7) is 1.39. The lowest BCUT2D eigenvalue weighted by atomic mass is 9.94. The first-order chi connectivity index (χ1) is 17.4.